The summed E-state index contributed by atoms with van der Waals surface area (Å²) in [4.78, 5) is 16.9. The number of carbonyl (C=O) groups excluding carboxylic acids is 1. The summed E-state index contributed by atoms with van der Waals surface area (Å²) in [7, 11) is 1.67. The Labute approximate surface area is 176 Å². The van der Waals surface area contributed by atoms with E-state index in [2.05, 4.69) is 42.6 Å². The van der Waals surface area contributed by atoms with Crippen molar-refractivity contribution in [2.24, 2.45) is 0 Å². The second-order valence-electron chi connectivity index (χ2n) is 7.52. The van der Waals surface area contributed by atoms with E-state index in [1.807, 2.05) is 29.2 Å². The molecule has 150 valence electrons. The Kier molecular flexibility index (Phi) is 6.00. The molecule has 0 saturated heterocycles. The molecule has 4 heteroatoms. The lowest BCUT2D eigenvalue weighted by Gasteiger charge is -2.36. The van der Waals surface area contributed by atoms with Gasteiger partial charge in [-0.3, -0.25) is 4.79 Å². The highest BCUT2D eigenvalue weighted by Gasteiger charge is 2.33. The van der Waals surface area contributed by atoms with Gasteiger partial charge in [-0.1, -0.05) is 37.6 Å². The lowest BCUT2D eigenvalue weighted by molar-refractivity contribution is 0.0696. The summed E-state index contributed by atoms with van der Waals surface area (Å²) in [5.41, 5.74) is 4.44. The van der Waals surface area contributed by atoms with E-state index in [1.54, 1.807) is 18.4 Å². The molecule has 1 aliphatic rings. The van der Waals surface area contributed by atoms with Crippen LogP contribution in [-0.4, -0.2) is 24.5 Å². The Morgan fingerprint density at radius 1 is 1.10 bits per heavy atom. The summed E-state index contributed by atoms with van der Waals surface area (Å²) >= 11 is 1.79. The van der Waals surface area contributed by atoms with Crippen molar-refractivity contribution in [3.63, 3.8) is 0 Å². The van der Waals surface area contributed by atoms with E-state index < -0.39 is 0 Å². The molecular weight excluding hydrogens is 378 g/mol. The van der Waals surface area contributed by atoms with Crippen LogP contribution >= 0.6 is 11.3 Å². The largest absolute Gasteiger partial charge is 0.497 e. The van der Waals surface area contributed by atoms with Crippen molar-refractivity contribution in [3.8, 4) is 5.75 Å². The minimum atomic E-state index is -0.0526. The molecule has 0 radical (unpaired) electrons. The maximum Gasteiger partial charge on any atom is 0.254 e. The van der Waals surface area contributed by atoms with Crippen LogP contribution in [0.3, 0.4) is 0 Å². The molecule has 0 saturated carbocycles. The molecule has 0 unspecified atom stereocenters. The molecule has 1 aromatic heterocycles. The van der Waals surface area contributed by atoms with Gasteiger partial charge in [-0.25, -0.2) is 0 Å². The van der Waals surface area contributed by atoms with E-state index in [0.717, 1.165) is 36.3 Å². The standard InChI is InChI=1S/C25H27NO2S/c1-3-4-5-18-6-8-20(9-7-18)25(27)26-16-14-23-22(15-17-29-23)24(26)19-10-12-21(28-2)13-11-19/h6-13,15,17,24H,3-5,14,16H2,1-2H3/t24-/m1/s1. The number of nitrogens with zero attached hydrogens (tertiary/aromatic N) is 1. The van der Waals surface area contributed by atoms with Crippen molar-refractivity contribution in [2.45, 2.75) is 38.6 Å². The van der Waals surface area contributed by atoms with Gasteiger partial charge in [0.25, 0.3) is 5.91 Å². The molecular formula is C25H27NO2S. The lowest BCUT2D eigenvalue weighted by atomic mass is 9.92. The van der Waals surface area contributed by atoms with Gasteiger partial charge in [0.1, 0.15) is 5.75 Å². The third-order valence-corrected chi connectivity index (χ3v) is 6.67. The van der Waals surface area contributed by atoms with E-state index >= 15 is 0 Å². The second kappa shape index (κ2) is 8.83. The van der Waals surface area contributed by atoms with Gasteiger partial charge < -0.3 is 9.64 Å². The lowest BCUT2D eigenvalue weighted by Crippen LogP contribution is -2.40. The molecule has 29 heavy (non-hydrogen) atoms. The SMILES string of the molecule is CCCCc1ccc(C(=O)N2CCc3sccc3[C@H]2c2ccc(OC)cc2)cc1. The Morgan fingerprint density at radius 3 is 2.55 bits per heavy atom. The molecule has 0 N–H and O–H groups in total. The number of hydrogen-bond donors (Lipinski definition) is 0. The smallest absolute Gasteiger partial charge is 0.254 e. The molecule has 2 aromatic carbocycles. The van der Waals surface area contributed by atoms with Crippen molar-refractivity contribution in [2.75, 3.05) is 13.7 Å². The van der Waals surface area contributed by atoms with Gasteiger partial charge in [-0.15, -0.1) is 11.3 Å². The predicted octanol–water partition coefficient (Wildman–Crippen LogP) is 5.89. The van der Waals surface area contributed by atoms with Crippen LogP contribution in [0.4, 0.5) is 0 Å². The number of unbranched alkanes of at least 4 members (excludes halogenated alkanes) is 1. The number of ether oxygens (including phenoxy) is 1. The number of amides is 1. The Hall–Kier alpha value is -2.59. The van der Waals surface area contributed by atoms with Crippen molar-refractivity contribution in [3.05, 3.63) is 87.1 Å². The van der Waals surface area contributed by atoms with Crippen LogP contribution in [-0.2, 0) is 12.8 Å². The highest BCUT2D eigenvalue weighted by Crippen LogP contribution is 2.39. The van der Waals surface area contributed by atoms with E-state index in [4.69, 9.17) is 4.74 Å². The second-order valence-corrected chi connectivity index (χ2v) is 8.52. The molecule has 0 spiro atoms. The highest BCUT2D eigenvalue weighted by molar-refractivity contribution is 7.10. The summed E-state index contributed by atoms with van der Waals surface area (Å²) in [6.07, 6.45) is 4.35. The molecule has 1 amide bonds. The van der Waals surface area contributed by atoms with Gasteiger partial charge in [0.15, 0.2) is 0 Å². The van der Waals surface area contributed by atoms with Crippen LogP contribution in [0, 0.1) is 0 Å². The maximum atomic E-state index is 13.5. The Morgan fingerprint density at radius 2 is 1.86 bits per heavy atom. The van der Waals surface area contributed by atoms with Gasteiger partial charge >= 0.3 is 0 Å². The van der Waals surface area contributed by atoms with Crippen LogP contribution in [0.5, 0.6) is 5.75 Å². The quantitative estimate of drug-likeness (QED) is 0.512. The fraction of sp³-hybridized carbons (Fsp3) is 0.320. The molecule has 2 heterocycles. The van der Waals surface area contributed by atoms with Gasteiger partial charge in [0.05, 0.1) is 13.2 Å². The Balaban J connectivity index is 1.64. The summed E-state index contributed by atoms with van der Waals surface area (Å²) < 4.78 is 5.32. The normalized spacial score (nSPS) is 15.8. The zero-order chi connectivity index (χ0) is 20.2. The summed E-state index contributed by atoms with van der Waals surface area (Å²) in [5.74, 6) is 0.931. The number of aryl methyl sites for hydroxylation is 1. The van der Waals surface area contributed by atoms with Gasteiger partial charge in [0, 0.05) is 17.0 Å². The van der Waals surface area contributed by atoms with Gasteiger partial charge in [-0.05, 0) is 71.7 Å². The van der Waals surface area contributed by atoms with Crippen molar-refractivity contribution < 1.29 is 9.53 Å². The fourth-order valence-electron chi connectivity index (χ4n) is 4.04. The van der Waals surface area contributed by atoms with E-state index in [0.29, 0.717) is 0 Å². The third-order valence-electron chi connectivity index (χ3n) is 5.68. The monoisotopic (exact) mass is 405 g/mol. The van der Waals surface area contributed by atoms with Crippen LogP contribution in [0.25, 0.3) is 0 Å². The Bertz CT molecular complexity index is 959. The van der Waals surface area contributed by atoms with E-state index in [-0.39, 0.29) is 11.9 Å². The first kappa shape index (κ1) is 19.7. The highest BCUT2D eigenvalue weighted by atomic mass is 32.1. The number of hydrogen-bond acceptors (Lipinski definition) is 3. The molecule has 0 aliphatic carbocycles. The van der Waals surface area contributed by atoms with Gasteiger partial charge in [0.2, 0.25) is 0 Å². The maximum absolute atomic E-state index is 13.5. The van der Waals surface area contributed by atoms with Crippen LogP contribution in [0.1, 0.15) is 57.7 Å². The average Bonchev–Trinajstić information content (AvgIpc) is 3.26. The molecule has 1 atom stereocenters. The number of benzene rings is 2. The number of thiophene rings is 1. The molecule has 3 nitrogen and oxygen atoms in total. The zero-order valence-electron chi connectivity index (χ0n) is 17.1. The molecule has 4 rings (SSSR count). The average molecular weight is 406 g/mol. The first-order valence-corrected chi connectivity index (χ1v) is 11.2. The fourth-order valence-corrected chi connectivity index (χ4v) is 4.95. The first-order valence-electron chi connectivity index (χ1n) is 10.3. The minimum absolute atomic E-state index is 0.0526. The van der Waals surface area contributed by atoms with Crippen molar-refractivity contribution in [1.82, 2.24) is 4.90 Å². The van der Waals surface area contributed by atoms with Crippen molar-refractivity contribution >= 4 is 17.2 Å². The summed E-state index contributed by atoms with van der Waals surface area (Å²) in [5, 5.41) is 2.14. The van der Waals surface area contributed by atoms with Crippen LogP contribution in [0.15, 0.2) is 60.0 Å². The molecule has 0 fully saturated rings. The van der Waals surface area contributed by atoms with Gasteiger partial charge in [-0.2, -0.15) is 0 Å². The number of rotatable bonds is 6. The summed E-state index contributed by atoms with van der Waals surface area (Å²) in [6.45, 7) is 2.94. The summed E-state index contributed by atoms with van der Waals surface area (Å²) in [6, 6.07) is 18.4. The van der Waals surface area contributed by atoms with E-state index in [1.165, 1.54) is 28.8 Å². The van der Waals surface area contributed by atoms with Crippen LogP contribution in [0.2, 0.25) is 0 Å². The first-order chi connectivity index (χ1) is 14.2. The number of fused-ring (bicyclic) bond motifs is 1. The molecule has 3 aromatic rings. The predicted molar refractivity (Wildman–Crippen MR) is 119 cm³/mol. The number of methoxy groups -OCH3 is 1. The van der Waals surface area contributed by atoms with E-state index in [9.17, 15) is 4.79 Å². The molecule has 0 bridgehead atoms. The topological polar surface area (TPSA) is 29.5 Å². The minimum Gasteiger partial charge on any atom is -0.497 e. The zero-order valence-corrected chi connectivity index (χ0v) is 17.9. The van der Waals surface area contributed by atoms with Crippen LogP contribution < -0.4 is 4.74 Å². The molecule has 1 aliphatic heterocycles. The van der Waals surface area contributed by atoms with Crippen molar-refractivity contribution in [1.29, 1.82) is 0 Å². The number of carbonyl (C=O) groups is 1. The third kappa shape index (κ3) is 4.08.